The molecule has 4 aromatic rings. The number of rotatable bonds is 7. The van der Waals surface area contributed by atoms with E-state index in [2.05, 4.69) is 15.5 Å². The highest BCUT2D eigenvalue weighted by Gasteiger charge is 2.24. The van der Waals surface area contributed by atoms with Gasteiger partial charge in [-0.15, -0.1) is 21.5 Å². The Labute approximate surface area is 209 Å². The van der Waals surface area contributed by atoms with Crippen LogP contribution >= 0.6 is 34.5 Å². The van der Waals surface area contributed by atoms with E-state index < -0.39 is 11.6 Å². The summed E-state index contributed by atoms with van der Waals surface area (Å²) in [5, 5.41) is 12.3. The molecule has 0 aliphatic heterocycles. The number of halogens is 3. The molecular formula is C24H19Cl2FN4O2S. The topological polar surface area (TPSA) is 76.9 Å². The molecule has 2 aromatic carbocycles. The van der Waals surface area contributed by atoms with E-state index in [1.165, 1.54) is 35.6 Å². The van der Waals surface area contributed by atoms with Crippen LogP contribution in [0.1, 0.15) is 49.7 Å². The number of aryl methyl sites for hydroxylation is 2. The van der Waals surface area contributed by atoms with Crippen molar-refractivity contribution in [3.63, 3.8) is 0 Å². The van der Waals surface area contributed by atoms with E-state index >= 15 is 0 Å². The van der Waals surface area contributed by atoms with Crippen LogP contribution in [0, 0.1) is 12.7 Å². The minimum Gasteiger partial charge on any atom is -0.345 e. The van der Waals surface area contributed by atoms with E-state index in [1.807, 2.05) is 6.92 Å². The van der Waals surface area contributed by atoms with Gasteiger partial charge in [0, 0.05) is 10.4 Å². The van der Waals surface area contributed by atoms with Gasteiger partial charge >= 0.3 is 0 Å². The molecule has 0 spiro atoms. The van der Waals surface area contributed by atoms with Gasteiger partial charge < -0.3 is 5.32 Å². The van der Waals surface area contributed by atoms with Crippen molar-refractivity contribution in [3.05, 3.63) is 97.6 Å². The number of aromatic nitrogens is 3. The molecule has 0 saturated heterocycles. The maximum atomic E-state index is 14.4. The molecule has 34 heavy (non-hydrogen) atoms. The normalized spacial score (nSPS) is 11.0. The van der Waals surface area contributed by atoms with E-state index in [0.717, 1.165) is 4.88 Å². The van der Waals surface area contributed by atoms with Gasteiger partial charge in [0.1, 0.15) is 16.6 Å². The minimum atomic E-state index is -0.586. The molecule has 2 aromatic heterocycles. The molecule has 0 fully saturated rings. The largest absolute Gasteiger partial charge is 0.345 e. The number of hydrogen-bond donors (Lipinski definition) is 1. The summed E-state index contributed by atoms with van der Waals surface area (Å²) < 4.78 is 16.1. The fourth-order valence-corrected chi connectivity index (χ4v) is 4.87. The number of amides is 1. The SMILES string of the molecule is CCc1cc(C(=O)c2ccccc2F)c(-n2c(C)nnc2CNC(=O)c2ccc(Cl)c(Cl)c2)s1. The number of nitrogens with one attached hydrogen (secondary N) is 1. The molecular weight excluding hydrogens is 498 g/mol. The molecule has 0 bridgehead atoms. The maximum absolute atomic E-state index is 14.4. The van der Waals surface area contributed by atoms with E-state index in [4.69, 9.17) is 23.2 Å². The zero-order valence-corrected chi connectivity index (χ0v) is 20.6. The Hall–Kier alpha value is -3.07. The van der Waals surface area contributed by atoms with Gasteiger partial charge in [-0.2, -0.15) is 0 Å². The average molecular weight is 517 g/mol. The van der Waals surface area contributed by atoms with Crippen LogP contribution in [0.3, 0.4) is 0 Å². The van der Waals surface area contributed by atoms with Crippen LogP contribution < -0.4 is 5.32 Å². The van der Waals surface area contributed by atoms with Gasteiger partial charge in [-0.3, -0.25) is 14.2 Å². The second-order valence-corrected chi connectivity index (χ2v) is 9.33. The molecule has 0 radical (unpaired) electrons. The highest BCUT2D eigenvalue weighted by atomic mass is 35.5. The highest BCUT2D eigenvalue weighted by Crippen LogP contribution is 2.31. The van der Waals surface area contributed by atoms with Crippen LogP contribution in [-0.4, -0.2) is 26.5 Å². The lowest BCUT2D eigenvalue weighted by Gasteiger charge is -2.11. The molecule has 0 saturated carbocycles. The molecule has 0 atom stereocenters. The van der Waals surface area contributed by atoms with Crippen LogP contribution in [0.5, 0.6) is 0 Å². The van der Waals surface area contributed by atoms with Crippen molar-refractivity contribution in [1.29, 1.82) is 0 Å². The fourth-order valence-electron chi connectivity index (χ4n) is 3.41. The summed E-state index contributed by atoms with van der Waals surface area (Å²) in [5.74, 6) is -0.419. The fraction of sp³-hybridized carbons (Fsp3) is 0.167. The summed E-state index contributed by atoms with van der Waals surface area (Å²) in [6.45, 7) is 3.77. The quantitative estimate of drug-likeness (QED) is 0.314. The Morgan fingerprint density at radius 2 is 1.82 bits per heavy atom. The third kappa shape index (κ3) is 4.75. The number of nitrogens with zero attached hydrogens (tertiary/aromatic N) is 3. The Morgan fingerprint density at radius 1 is 1.06 bits per heavy atom. The molecule has 1 N–H and O–H groups in total. The summed E-state index contributed by atoms with van der Waals surface area (Å²) in [4.78, 5) is 26.8. The molecule has 4 rings (SSSR count). The van der Waals surface area contributed by atoms with Crippen LogP contribution in [0.2, 0.25) is 10.0 Å². The smallest absolute Gasteiger partial charge is 0.251 e. The molecule has 0 unspecified atom stereocenters. The van der Waals surface area contributed by atoms with Crippen molar-refractivity contribution in [1.82, 2.24) is 20.1 Å². The number of thiophene rings is 1. The number of carbonyl (C=O) groups excluding carboxylic acids is 2. The van der Waals surface area contributed by atoms with Gasteiger partial charge in [0.25, 0.3) is 5.91 Å². The molecule has 0 aliphatic carbocycles. The van der Waals surface area contributed by atoms with E-state index in [-0.39, 0.29) is 23.0 Å². The Morgan fingerprint density at radius 3 is 2.53 bits per heavy atom. The third-order valence-corrected chi connectivity index (χ3v) is 7.16. The first-order valence-electron chi connectivity index (χ1n) is 10.4. The Balaban J connectivity index is 1.67. The van der Waals surface area contributed by atoms with Gasteiger partial charge in [-0.1, -0.05) is 42.3 Å². The zero-order valence-electron chi connectivity index (χ0n) is 18.2. The zero-order chi connectivity index (χ0) is 24.4. The van der Waals surface area contributed by atoms with Crippen molar-refractivity contribution in [2.45, 2.75) is 26.8 Å². The maximum Gasteiger partial charge on any atom is 0.251 e. The summed E-state index contributed by atoms with van der Waals surface area (Å²) in [5.41, 5.74) is 0.688. The third-order valence-electron chi connectivity index (χ3n) is 5.16. The summed E-state index contributed by atoms with van der Waals surface area (Å²) in [6.07, 6.45) is 0.701. The first-order chi connectivity index (χ1) is 16.3. The predicted octanol–water partition coefficient (Wildman–Crippen LogP) is 5.81. The molecule has 10 heteroatoms. The standard InChI is InChI=1S/C24H19Cl2FN4O2S/c1-3-15-11-17(22(32)16-6-4-5-7-20(16)27)24(34-15)31-13(2)29-30-21(31)12-28-23(33)14-8-9-18(25)19(26)10-14/h4-11H,3,12H2,1-2H3,(H,28,33). The van der Waals surface area contributed by atoms with Crippen molar-refractivity contribution in [3.8, 4) is 5.00 Å². The van der Waals surface area contributed by atoms with Crippen LogP contribution in [-0.2, 0) is 13.0 Å². The summed E-state index contributed by atoms with van der Waals surface area (Å²) in [6, 6.07) is 12.2. The molecule has 1 amide bonds. The predicted molar refractivity (Wildman–Crippen MR) is 131 cm³/mol. The number of ketones is 1. The molecule has 0 aliphatic rings. The van der Waals surface area contributed by atoms with Crippen molar-refractivity contribution in [2.24, 2.45) is 0 Å². The molecule has 174 valence electrons. The highest BCUT2D eigenvalue weighted by molar-refractivity contribution is 7.15. The first kappa shape index (κ1) is 24.1. The second-order valence-electron chi connectivity index (χ2n) is 7.40. The van der Waals surface area contributed by atoms with Gasteiger partial charge in [-0.05, 0) is 49.7 Å². The minimum absolute atomic E-state index is 0.00981. The van der Waals surface area contributed by atoms with E-state index in [0.29, 0.717) is 39.2 Å². The Bertz CT molecular complexity index is 1400. The van der Waals surface area contributed by atoms with E-state index in [1.54, 1.807) is 35.8 Å². The van der Waals surface area contributed by atoms with Crippen molar-refractivity contribution in [2.75, 3.05) is 0 Å². The van der Waals surface area contributed by atoms with Gasteiger partial charge in [0.2, 0.25) is 0 Å². The molecule has 6 nitrogen and oxygen atoms in total. The number of benzene rings is 2. The van der Waals surface area contributed by atoms with Crippen LogP contribution in [0.4, 0.5) is 4.39 Å². The average Bonchev–Trinajstić information content (AvgIpc) is 3.41. The lowest BCUT2D eigenvalue weighted by molar-refractivity contribution is 0.0948. The summed E-state index contributed by atoms with van der Waals surface area (Å²) >= 11 is 13.3. The van der Waals surface area contributed by atoms with E-state index in [9.17, 15) is 14.0 Å². The Kier molecular flexibility index (Phi) is 7.11. The lowest BCUT2D eigenvalue weighted by Crippen LogP contribution is -2.24. The van der Waals surface area contributed by atoms with Crippen LogP contribution in [0.15, 0.2) is 48.5 Å². The summed E-state index contributed by atoms with van der Waals surface area (Å²) in [7, 11) is 0. The first-order valence-corrected chi connectivity index (χ1v) is 11.9. The number of hydrogen-bond acceptors (Lipinski definition) is 5. The van der Waals surface area contributed by atoms with Gasteiger partial charge in [0.15, 0.2) is 11.6 Å². The van der Waals surface area contributed by atoms with Crippen molar-refractivity contribution >= 4 is 46.2 Å². The van der Waals surface area contributed by atoms with Gasteiger partial charge in [0.05, 0.1) is 27.7 Å². The number of carbonyl (C=O) groups is 2. The second kappa shape index (κ2) is 10.0. The molecule has 2 heterocycles. The monoisotopic (exact) mass is 516 g/mol. The van der Waals surface area contributed by atoms with Gasteiger partial charge in [-0.25, -0.2) is 4.39 Å². The lowest BCUT2D eigenvalue weighted by atomic mass is 10.0. The van der Waals surface area contributed by atoms with Crippen LogP contribution in [0.25, 0.3) is 5.00 Å². The van der Waals surface area contributed by atoms with Crippen molar-refractivity contribution < 1.29 is 14.0 Å².